The highest BCUT2D eigenvalue weighted by molar-refractivity contribution is 5.85. The molecule has 1 aromatic rings. The molecule has 1 saturated heterocycles. The van der Waals surface area contributed by atoms with Crippen molar-refractivity contribution in [1.29, 1.82) is 0 Å². The largest absolute Gasteiger partial charge is 0.377 e. The van der Waals surface area contributed by atoms with E-state index in [0.717, 1.165) is 38.3 Å². The van der Waals surface area contributed by atoms with Crippen LogP contribution in [-0.4, -0.2) is 34.4 Å². The number of hydrogen-bond donors (Lipinski definition) is 1. The third-order valence-electron chi connectivity index (χ3n) is 7.04. The predicted molar refractivity (Wildman–Crippen MR) is 89.1 cm³/mol. The predicted octanol–water partition coefficient (Wildman–Crippen LogP) is 2.37. The molecular formula is C19H27N3O2. The first-order valence-electron chi connectivity index (χ1n) is 9.67. The number of hydrogen-bond acceptors (Lipinski definition) is 3. The van der Waals surface area contributed by atoms with Gasteiger partial charge >= 0.3 is 0 Å². The van der Waals surface area contributed by atoms with Crippen molar-refractivity contribution in [3.63, 3.8) is 0 Å². The first-order valence-corrected chi connectivity index (χ1v) is 9.67. The molecule has 1 aliphatic heterocycles. The van der Waals surface area contributed by atoms with E-state index in [1.807, 2.05) is 16.9 Å². The number of amides is 1. The molecule has 5 rings (SSSR count). The van der Waals surface area contributed by atoms with Gasteiger partial charge in [0.15, 0.2) is 0 Å². The van der Waals surface area contributed by atoms with Crippen molar-refractivity contribution >= 4 is 5.91 Å². The Kier molecular flexibility index (Phi) is 3.47. The lowest BCUT2D eigenvalue weighted by Crippen LogP contribution is -2.64. The molecule has 5 heteroatoms. The van der Waals surface area contributed by atoms with E-state index in [1.54, 1.807) is 6.20 Å². The van der Waals surface area contributed by atoms with Crippen molar-refractivity contribution in [2.75, 3.05) is 6.61 Å². The summed E-state index contributed by atoms with van der Waals surface area (Å²) >= 11 is 0. The number of carbonyl (C=O) groups is 1. The van der Waals surface area contributed by atoms with Gasteiger partial charge in [0.2, 0.25) is 5.91 Å². The summed E-state index contributed by atoms with van der Waals surface area (Å²) in [6.07, 6.45) is 12.6. The van der Waals surface area contributed by atoms with Gasteiger partial charge in [0, 0.05) is 36.9 Å². The molecule has 0 aromatic carbocycles. The second-order valence-corrected chi connectivity index (χ2v) is 8.39. The number of nitrogens with one attached hydrogen (secondary N) is 1. The van der Waals surface area contributed by atoms with Gasteiger partial charge in [0.1, 0.15) is 0 Å². The average molecular weight is 329 g/mol. The fraction of sp³-hybridized carbons (Fsp3) is 0.789. The smallest absolute Gasteiger partial charge is 0.228 e. The van der Waals surface area contributed by atoms with E-state index in [0.29, 0.717) is 24.0 Å². The first kappa shape index (κ1) is 14.9. The monoisotopic (exact) mass is 329 g/mol. The quantitative estimate of drug-likeness (QED) is 0.902. The molecule has 3 saturated carbocycles. The van der Waals surface area contributed by atoms with Gasteiger partial charge in [-0.05, 0) is 31.2 Å². The highest BCUT2D eigenvalue weighted by Crippen LogP contribution is 2.53. The summed E-state index contributed by atoms with van der Waals surface area (Å²) in [5, 5.41) is 7.75. The number of nitrogens with zero attached hydrogens (tertiary/aromatic N) is 2. The van der Waals surface area contributed by atoms with E-state index in [2.05, 4.69) is 10.4 Å². The van der Waals surface area contributed by atoms with Gasteiger partial charge < -0.3 is 10.1 Å². The summed E-state index contributed by atoms with van der Waals surface area (Å²) < 4.78 is 7.92. The number of fused-ring (bicyclic) bond motifs is 1. The third-order valence-corrected chi connectivity index (χ3v) is 7.04. The topological polar surface area (TPSA) is 56.1 Å². The van der Waals surface area contributed by atoms with Crippen molar-refractivity contribution in [2.45, 2.75) is 63.6 Å². The van der Waals surface area contributed by atoms with Crippen LogP contribution in [0.1, 0.15) is 44.9 Å². The summed E-state index contributed by atoms with van der Waals surface area (Å²) in [5.74, 6) is 2.14. The first-order chi connectivity index (χ1) is 11.8. The highest BCUT2D eigenvalue weighted by Gasteiger charge is 2.59. The van der Waals surface area contributed by atoms with Crippen LogP contribution >= 0.6 is 0 Å². The van der Waals surface area contributed by atoms with Crippen molar-refractivity contribution in [2.24, 2.45) is 23.2 Å². The third kappa shape index (κ3) is 2.32. The van der Waals surface area contributed by atoms with E-state index in [9.17, 15) is 4.79 Å². The Balaban J connectivity index is 1.28. The summed E-state index contributed by atoms with van der Waals surface area (Å²) in [6.45, 7) is 1.60. The second kappa shape index (κ2) is 5.58. The van der Waals surface area contributed by atoms with E-state index < -0.39 is 0 Å². The van der Waals surface area contributed by atoms with Crippen LogP contribution < -0.4 is 5.32 Å². The minimum absolute atomic E-state index is 0.212. The zero-order valence-corrected chi connectivity index (χ0v) is 14.2. The summed E-state index contributed by atoms with van der Waals surface area (Å²) in [6, 6.07) is 2.28. The molecule has 24 heavy (non-hydrogen) atoms. The SMILES string of the molecule is O=C(N[C@H]1[C@H]2CCO[C@H]2[C@H]1C1CCCC1)C1(Cn2cccn2)CC1. The van der Waals surface area contributed by atoms with Gasteiger partial charge in [-0.25, -0.2) is 0 Å². The molecule has 5 nitrogen and oxygen atoms in total. The standard InChI is InChI=1S/C19H27N3O2/c23-18(19(7-8-19)12-22-10-3-9-20-22)21-16-14-6-11-24-17(14)15(16)13-4-1-2-5-13/h3,9-10,13-17H,1-2,4-8,11-12H2,(H,21,23)/t14-,15+,16+,17-/m1/s1. The normalized spacial score (nSPS) is 37.0. The van der Waals surface area contributed by atoms with Crippen molar-refractivity contribution in [3.8, 4) is 0 Å². The van der Waals surface area contributed by atoms with Gasteiger partial charge in [-0.1, -0.05) is 25.7 Å². The van der Waals surface area contributed by atoms with Crippen LogP contribution in [0.3, 0.4) is 0 Å². The van der Waals surface area contributed by atoms with Gasteiger partial charge in [-0.3, -0.25) is 9.48 Å². The molecule has 4 aliphatic rings. The molecule has 4 atom stereocenters. The molecule has 130 valence electrons. The Morgan fingerprint density at radius 1 is 1.29 bits per heavy atom. The Morgan fingerprint density at radius 3 is 2.83 bits per heavy atom. The van der Waals surface area contributed by atoms with Gasteiger partial charge in [0.25, 0.3) is 0 Å². The highest BCUT2D eigenvalue weighted by atomic mass is 16.5. The molecule has 0 bridgehead atoms. The van der Waals surface area contributed by atoms with Gasteiger partial charge in [-0.2, -0.15) is 5.10 Å². The fourth-order valence-corrected chi connectivity index (χ4v) is 5.48. The molecule has 0 radical (unpaired) electrons. The van der Waals surface area contributed by atoms with Crippen molar-refractivity contribution in [1.82, 2.24) is 15.1 Å². The van der Waals surface area contributed by atoms with Crippen LogP contribution in [0.15, 0.2) is 18.5 Å². The van der Waals surface area contributed by atoms with Crippen LogP contribution in [0.2, 0.25) is 0 Å². The Morgan fingerprint density at radius 2 is 2.12 bits per heavy atom. The van der Waals surface area contributed by atoms with Crippen LogP contribution in [0, 0.1) is 23.2 Å². The molecule has 0 spiro atoms. The van der Waals surface area contributed by atoms with Gasteiger partial charge in [-0.15, -0.1) is 0 Å². The maximum absolute atomic E-state index is 13.0. The molecular weight excluding hydrogens is 302 g/mol. The lowest BCUT2D eigenvalue weighted by atomic mass is 9.61. The van der Waals surface area contributed by atoms with E-state index in [1.165, 1.54) is 25.7 Å². The molecule has 1 N–H and O–H groups in total. The zero-order chi connectivity index (χ0) is 16.1. The summed E-state index contributed by atoms with van der Waals surface area (Å²) in [7, 11) is 0. The van der Waals surface area contributed by atoms with E-state index >= 15 is 0 Å². The average Bonchev–Trinajstić information content (AvgIpc) is 3.02. The maximum atomic E-state index is 13.0. The van der Waals surface area contributed by atoms with Crippen LogP contribution in [0.5, 0.6) is 0 Å². The second-order valence-electron chi connectivity index (χ2n) is 8.39. The van der Waals surface area contributed by atoms with Crippen LogP contribution in [-0.2, 0) is 16.1 Å². The Labute approximate surface area is 143 Å². The Hall–Kier alpha value is -1.36. The van der Waals surface area contributed by atoms with Gasteiger partial charge in [0.05, 0.1) is 18.1 Å². The number of aromatic nitrogens is 2. The van der Waals surface area contributed by atoms with Crippen LogP contribution in [0.4, 0.5) is 0 Å². The molecule has 4 fully saturated rings. The maximum Gasteiger partial charge on any atom is 0.228 e. The van der Waals surface area contributed by atoms with E-state index in [4.69, 9.17) is 4.74 Å². The fourth-order valence-electron chi connectivity index (χ4n) is 5.48. The van der Waals surface area contributed by atoms with E-state index in [-0.39, 0.29) is 11.3 Å². The zero-order valence-electron chi connectivity index (χ0n) is 14.2. The molecule has 0 unspecified atom stereocenters. The summed E-state index contributed by atoms with van der Waals surface area (Å²) in [5.41, 5.74) is -0.212. The summed E-state index contributed by atoms with van der Waals surface area (Å²) in [4.78, 5) is 13.0. The van der Waals surface area contributed by atoms with Crippen molar-refractivity contribution < 1.29 is 9.53 Å². The van der Waals surface area contributed by atoms with Crippen LogP contribution in [0.25, 0.3) is 0 Å². The lowest BCUT2D eigenvalue weighted by Gasteiger charge is -2.51. The molecule has 1 amide bonds. The molecule has 3 aliphatic carbocycles. The number of ether oxygens (including phenoxy) is 1. The molecule has 2 heterocycles. The minimum atomic E-state index is -0.212. The lowest BCUT2D eigenvalue weighted by molar-refractivity contribution is -0.135. The molecule has 1 aromatic heterocycles. The number of rotatable bonds is 5. The van der Waals surface area contributed by atoms with Crippen molar-refractivity contribution in [3.05, 3.63) is 18.5 Å². The number of carbonyl (C=O) groups excluding carboxylic acids is 1. The minimum Gasteiger partial charge on any atom is -0.377 e. The Bertz CT molecular complexity index is 599.